The summed E-state index contributed by atoms with van der Waals surface area (Å²) in [4.78, 5) is 0. The van der Waals surface area contributed by atoms with Gasteiger partial charge in [-0.15, -0.1) is 0 Å². The monoisotopic (exact) mass is 441 g/mol. The number of halogens is 2. The van der Waals surface area contributed by atoms with E-state index in [1.807, 2.05) is 0 Å². The van der Waals surface area contributed by atoms with Crippen LogP contribution in [0.1, 0.15) is 21.2 Å². The van der Waals surface area contributed by atoms with E-state index in [2.05, 4.69) is 55.6 Å². The van der Waals surface area contributed by atoms with Crippen LogP contribution in [-0.2, 0) is 24.7 Å². The average Bonchev–Trinajstić information content (AvgIpc) is 3.04. The summed E-state index contributed by atoms with van der Waals surface area (Å²) in [5.74, 6) is 0. The Morgan fingerprint density at radius 3 is 2.57 bits per heavy atom. The minimum absolute atomic E-state index is 0. The summed E-state index contributed by atoms with van der Waals surface area (Å²) in [6.07, 6.45) is 8.12. The zero-order valence-electron chi connectivity index (χ0n) is 13.4. The van der Waals surface area contributed by atoms with Crippen LogP contribution in [0.5, 0.6) is 0 Å². The van der Waals surface area contributed by atoms with Crippen molar-refractivity contribution in [2.45, 2.75) is 29.2 Å². The Hall–Kier alpha value is 0.0800. The molecule has 23 heavy (non-hydrogen) atoms. The van der Waals surface area contributed by atoms with Crippen molar-refractivity contribution in [3.8, 4) is 0 Å². The zero-order valence-corrected chi connectivity index (χ0v) is 18.4. The van der Waals surface area contributed by atoms with Crippen molar-refractivity contribution in [1.82, 2.24) is 0 Å². The molecule has 0 heterocycles. The zero-order chi connectivity index (χ0) is 15.0. The van der Waals surface area contributed by atoms with Crippen LogP contribution in [0.25, 0.3) is 6.08 Å². The van der Waals surface area contributed by atoms with Crippen LogP contribution in [0.2, 0.25) is 19.1 Å². The fourth-order valence-corrected chi connectivity index (χ4v) is 7.15. The Labute approximate surface area is 167 Å². The van der Waals surface area contributed by atoms with Crippen LogP contribution in [0.4, 0.5) is 0 Å². The van der Waals surface area contributed by atoms with E-state index >= 15 is 0 Å². The van der Waals surface area contributed by atoms with Gasteiger partial charge in [0.1, 0.15) is 0 Å². The van der Waals surface area contributed by atoms with E-state index in [1.165, 1.54) is 16.7 Å². The number of allylic oxidation sites excluding steroid dienone is 5. The van der Waals surface area contributed by atoms with Crippen LogP contribution in [0.3, 0.4) is 0 Å². The fourth-order valence-electron chi connectivity index (χ4n) is 3.41. The molecule has 3 rings (SSSR count). The van der Waals surface area contributed by atoms with E-state index in [-0.39, 0.29) is 24.8 Å². The van der Waals surface area contributed by atoms with E-state index in [1.54, 1.807) is 35.5 Å². The summed E-state index contributed by atoms with van der Waals surface area (Å²) < 4.78 is 0.581. The van der Waals surface area contributed by atoms with Gasteiger partial charge < -0.3 is 24.8 Å². The first-order chi connectivity index (χ1) is 10.0. The molecule has 1 aromatic carbocycles. The van der Waals surface area contributed by atoms with E-state index in [4.69, 9.17) is 0 Å². The van der Waals surface area contributed by atoms with Crippen LogP contribution < -0.4 is 24.8 Å². The van der Waals surface area contributed by atoms with E-state index < -0.39 is 8.07 Å². The average molecular weight is 444 g/mol. The largest absolute Gasteiger partial charge is 1.00 e. The Kier molecular flexibility index (Phi) is 7.76. The number of fused-ring (bicyclic) bond motifs is 1. The molecule has 121 valence electrons. The van der Waals surface area contributed by atoms with Crippen molar-refractivity contribution >= 4 is 14.1 Å². The van der Waals surface area contributed by atoms with Gasteiger partial charge in [0.15, 0.2) is 0 Å². The smallest absolute Gasteiger partial charge is 1.00 e. The third-order valence-corrected chi connectivity index (χ3v) is 9.60. The quantitative estimate of drug-likeness (QED) is 0.544. The molecule has 1 aromatic rings. The molecule has 0 spiro atoms. The number of hydrogen-bond donors (Lipinski definition) is 1. The first-order valence-electron chi connectivity index (χ1n) is 7.57. The van der Waals surface area contributed by atoms with Gasteiger partial charge in [0.05, 0.1) is 0 Å². The molecular formula is C18H21Cl2OSiZr. The van der Waals surface area contributed by atoms with Gasteiger partial charge in [0.2, 0.25) is 0 Å². The number of hydrogen-bond acceptors (Lipinski definition) is 1. The predicted molar refractivity (Wildman–Crippen MR) is 87.3 cm³/mol. The molecule has 1 nitrogen and oxygen atoms in total. The molecule has 0 aromatic heterocycles. The van der Waals surface area contributed by atoms with Crippen molar-refractivity contribution in [3.63, 3.8) is 0 Å². The van der Waals surface area contributed by atoms with Crippen LogP contribution >= 0.6 is 0 Å². The molecule has 2 aliphatic rings. The number of aliphatic hydroxyl groups excluding tert-OH is 1. The summed E-state index contributed by atoms with van der Waals surface area (Å²) in [6, 6.07) is 9.75. The van der Waals surface area contributed by atoms with E-state index in [0.717, 1.165) is 12.5 Å². The molecule has 0 saturated carbocycles. The second-order valence-corrected chi connectivity index (χ2v) is 12.7. The Morgan fingerprint density at radius 2 is 1.91 bits per heavy atom. The van der Waals surface area contributed by atoms with Crippen LogP contribution in [0, 0.1) is 0 Å². The Bertz CT molecular complexity index is 665. The maximum Gasteiger partial charge on any atom is -1.00 e. The maximum absolute atomic E-state index is 9.39. The van der Waals surface area contributed by atoms with Gasteiger partial charge >= 0.3 is 144 Å². The molecule has 1 atom stereocenters. The molecular weight excluding hydrogens is 422 g/mol. The molecule has 5 heteroatoms. The van der Waals surface area contributed by atoms with Gasteiger partial charge in [0, 0.05) is 0 Å². The minimum atomic E-state index is -1.52. The van der Waals surface area contributed by atoms with E-state index in [0.29, 0.717) is 10.2 Å². The predicted octanol–water partition coefficient (Wildman–Crippen LogP) is -1.82. The molecule has 0 bridgehead atoms. The van der Waals surface area contributed by atoms with Crippen molar-refractivity contribution in [3.05, 3.63) is 63.9 Å². The topological polar surface area (TPSA) is 20.2 Å². The standard InChI is InChI=1S/C18H21OSi.2ClH.Zr/c1-20(2,11-10-19)18-9-5-8-17(18)16-12-14-6-3-4-7-15(14)13-16;;;/h3-7,9,12-13,19H,8,10-11H2,1-2H3;2*1H;/q;;;+2/p-2. The molecule has 1 unspecified atom stereocenters. The van der Waals surface area contributed by atoms with Crippen molar-refractivity contribution in [2.24, 2.45) is 0 Å². The third-order valence-electron chi connectivity index (χ3n) is 4.68. The molecule has 1 N–H and O–H groups in total. The molecule has 0 aliphatic heterocycles. The van der Waals surface area contributed by atoms with Gasteiger partial charge in [-0.3, -0.25) is 0 Å². The summed E-state index contributed by atoms with van der Waals surface area (Å²) in [5.41, 5.74) is 5.98. The third kappa shape index (κ3) is 4.02. The normalized spacial score (nSPS) is 19.2. The summed E-state index contributed by atoms with van der Waals surface area (Å²) >= 11 is 1.57. The van der Waals surface area contributed by atoms with Crippen molar-refractivity contribution in [2.75, 3.05) is 6.61 Å². The van der Waals surface area contributed by atoms with Gasteiger partial charge in [-0.2, -0.15) is 0 Å². The second kappa shape index (κ2) is 8.45. The molecule has 0 saturated heterocycles. The number of benzene rings is 1. The Balaban J connectivity index is 0.00000132. The van der Waals surface area contributed by atoms with Crippen LogP contribution in [0.15, 0.2) is 52.8 Å². The summed E-state index contributed by atoms with van der Waals surface area (Å²) in [5, 5.41) is 10.9. The first kappa shape index (κ1) is 21.1. The summed E-state index contributed by atoms with van der Waals surface area (Å²) in [7, 11) is -1.52. The van der Waals surface area contributed by atoms with Gasteiger partial charge in [-0.05, 0) is 0 Å². The number of aliphatic hydroxyl groups is 1. The molecule has 0 fully saturated rings. The van der Waals surface area contributed by atoms with E-state index in [9.17, 15) is 5.11 Å². The van der Waals surface area contributed by atoms with Crippen molar-refractivity contribution in [1.29, 1.82) is 0 Å². The fraction of sp³-hybridized carbons (Fsp3) is 0.333. The molecule has 0 radical (unpaired) electrons. The molecule has 2 aliphatic carbocycles. The van der Waals surface area contributed by atoms with Crippen LogP contribution in [-0.4, -0.2) is 19.8 Å². The number of rotatable bonds is 4. The second-order valence-electron chi connectivity index (χ2n) is 6.52. The SMILES string of the molecule is C[Si](C)(CCO)C1=C(C2=Cc3ccccc3[CH]2[Zr+2])CC=C1.[Cl-].[Cl-]. The maximum atomic E-state index is 9.39. The van der Waals surface area contributed by atoms with Gasteiger partial charge in [-0.1, -0.05) is 0 Å². The first-order valence-corrected chi connectivity index (χ1v) is 12.2. The van der Waals surface area contributed by atoms with Crippen molar-refractivity contribution < 1.29 is 54.6 Å². The van der Waals surface area contributed by atoms with Gasteiger partial charge in [0.25, 0.3) is 0 Å². The Morgan fingerprint density at radius 1 is 1.22 bits per heavy atom. The minimum Gasteiger partial charge on any atom is -1.00 e. The summed E-state index contributed by atoms with van der Waals surface area (Å²) in [6.45, 7) is 5.08. The van der Waals surface area contributed by atoms with Gasteiger partial charge in [-0.25, -0.2) is 0 Å². The molecule has 0 amide bonds.